The number of aliphatic carboxylic acids is 1. The van der Waals surface area contributed by atoms with E-state index in [0.717, 1.165) is 9.87 Å². The van der Waals surface area contributed by atoms with Crippen molar-refractivity contribution in [1.82, 2.24) is 0 Å². The maximum Gasteiger partial charge on any atom is 0.303 e. The van der Waals surface area contributed by atoms with Crippen LogP contribution in [0, 0.1) is 5.82 Å². The summed E-state index contributed by atoms with van der Waals surface area (Å²) in [5.74, 6) is -1.60. The standard InChI is InChI=1S/C18H18FNO5S/c1-12-11-20(16-4-2-3-15(19)18(16)25-12)26(23,24)14-8-5-13(6-9-14)7-10-17(21)22/h2-6,8-9,12H,7,10-11H2,1H3,(H,21,22). The van der Waals surface area contributed by atoms with Crippen molar-refractivity contribution in [1.29, 1.82) is 0 Å². The number of hydrogen-bond donors (Lipinski definition) is 1. The summed E-state index contributed by atoms with van der Waals surface area (Å²) in [4.78, 5) is 10.7. The Kier molecular flexibility index (Phi) is 4.86. The molecular weight excluding hydrogens is 361 g/mol. The van der Waals surface area contributed by atoms with E-state index in [1.165, 1.54) is 30.3 Å². The third-order valence-corrected chi connectivity index (χ3v) is 5.89. The Bertz CT molecular complexity index is 927. The summed E-state index contributed by atoms with van der Waals surface area (Å²) < 4.78 is 46.7. The smallest absolute Gasteiger partial charge is 0.303 e. The number of aryl methyl sites for hydroxylation is 1. The van der Waals surface area contributed by atoms with Gasteiger partial charge in [0.05, 0.1) is 17.1 Å². The van der Waals surface area contributed by atoms with E-state index in [4.69, 9.17) is 9.84 Å². The number of para-hydroxylation sites is 1. The zero-order chi connectivity index (χ0) is 18.9. The van der Waals surface area contributed by atoms with Gasteiger partial charge in [0.2, 0.25) is 0 Å². The molecule has 6 nitrogen and oxygen atoms in total. The van der Waals surface area contributed by atoms with Gasteiger partial charge in [0.1, 0.15) is 6.10 Å². The molecule has 0 fully saturated rings. The number of hydrogen-bond acceptors (Lipinski definition) is 4. The second-order valence-electron chi connectivity index (χ2n) is 6.09. The minimum absolute atomic E-state index is 0.0280. The lowest BCUT2D eigenvalue weighted by molar-refractivity contribution is -0.136. The second kappa shape index (κ2) is 6.95. The van der Waals surface area contributed by atoms with Crippen LogP contribution >= 0.6 is 0 Å². The van der Waals surface area contributed by atoms with Gasteiger partial charge in [-0.15, -0.1) is 0 Å². The average molecular weight is 379 g/mol. The molecule has 1 heterocycles. The van der Waals surface area contributed by atoms with Crippen LogP contribution in [0.15, 0.2) is 47.4 Å². The molecule has 1 aliphatic rings. The van der Waals surface area contributed by atoms with Gasteiger partial charge < -0.3 is 9.84 Å². The monoisotopic (exact) mass is 379 g/mol. The summed E-state index contributed by atoms with van der Waals surface area (Å²) in [6.07, 6.45) is -0.207. The van der Waals surface area contributed by atoms with Crippen molar-refractivity contribution in [3.63, 3.8) is 0 Å². The van der Waals surface area contributed by atoms with Gasteiger partial charge in [0.25, 0.3) is 10.0 Å². The molecule has 1 atom stereocenters. The molecule has 2 aromatic carbocycles. The van der Waals surface area contributed by atoms with Crippen LogP contribution < -0.4 is 9.04 Å². The van der Waals surface area contributed by atoms with Crippen molar-refractivity contribution in [2.24, 2.45) is 0 Å². The first-order valence-electron chi connectivity index (χ1n) is 8.07. The third kappa shape index (κ3) is 3.50. The Morgan fingerprint density at radius 3 is 2.62 bits per heavy atom. The van der Waals surface area contributed by atoms with Gasteiger partial charge in [-0.05, 0) is 43.2 Å². The summed E-state index contributed by atoms with van der Waals surface area (Å²) in [6.45, 7) is 1.74. The number of carboxylic acid groups (broad SMARTS) is 1. The zero-order valence-corrected chi connectivity index (χ0v) is 14.9. The van der Waals surface area contributed by atoms with Gasteiger partial charge in [-0.3, -0.25) is 9.10 Å². The van der Waals surface area contributed by atoms with Crippen LogP contribution in [0.4, 0.5) is 10.1 Å². The number of anilines is 1. The number of benzene rings is 2. The summed E-state index contributed by atoms with van der Waals surface area (Å²) in [5, 5.41) is 8.72. The first-order chi connectivity index (χ1) is 12.3. The Morgan fingerprint density at radius 2 is 1.96 bits per heavy atom. The molecule has 0 saturated heterocycles. The van der Waals surface area contributed by atoms with Crippen molar-refractivity contribution >= 4 is 21.7 Å². The van der Waals surface area contributed by atoms with Gasteiger partial charge in [-0.25, -0.2) is 12.8 Å². The number of carbonyl (C=O) groups is 1. The van der Waals surface area contributed by atoms with Gasteiger partial charge >= 0.3 is 5.97 Å². The van der Waals surface area contributed by atoms with Crippen molar-refractivity contribution in [3.05, 3.63) is 53.8 Å². The third-order valence-electron chi connectivity index (χ3n) is 4.10. The molecule has 0 aromatic heterocycles. The van der Waals surface area contributed by atoms with E-state index < -0.39 is 27.9 Å². The predicted molar refractivity (Wildman–Crippen MR) is 93.4 cm³/mol. The fourth-order valence-electron chi connectivity index (χ4n) is 2.82. The zero-order valence-electron chi connectivity index (χ0n) is 14.1. The fraction of sp³-hybridized carbons (Fsp3) is 0.278. The van der Waals surface area contributed by atoms with Gasteiger partial charge in [-0.2, -0.15) is 0 Å². The molecule has 0 spiro atoms. The molecular formula is C18H18FNO5S. The van der Waals surface area contributed by atoms with Gasteiger partial charge in [-0.1, -0.05) is 18.2 Å². The van der Waals surface area contributed by atoms with Crippen LogP contribution in [0.3, 0.4) is 0 Å². The predicted octanol–water partition coefficient (Wildman–Crippen LogP) is 2.82. The molecule has 0 radical (unpaired) electrons. The van der Waals surface area contributed by atoms with Gasteiger partial charge in [0, 0.05) is 6.42 Å². The number of halogens is 1. The largest absolute Gasteiger partial charge is 0.484 e. The Morgan fingerprint density at radius 1 is 1.27 bits per heavy atom. The van der Waals surface area contributed by atoms with Crippen LogP contribution in [-0.4, -0.2) is 32.1 Å². The number of ether oxygens (including phenoxy) is 1. The van der Waals surface area contributed by atoms with E-state index in [0.29, 0.717) is 6.42 Å². The number of sulfonamides is 1. The van der Waals surface area contributed by atoms with Crippen LogP contribution in [0.1, 0.15) is 18.9 Å². The summed E-state index contributed by atoms with van der Waals surface area (Å²) in [5.41, 5.74) is 0.895. The minimum Gasteiger partial charge on any atom is -0.484 e. The highest BCUT2D eigenvalue weighted by atomic mass is 32.2. The number of nitrogens with zero attached hydrogens (tertiary/aromatic N) is 1. The quantitative estimate of drug-likeness (QED) is 0.864. The van der Waals surface area contributed by atoms with Crippen LogP contribution in [0.2, 0.25) is 0 Å². The molecule has 1 unspecified atom stereocenters. The highest BCUT2D eigenvalue weighted by Crippen LogP contribution is 2.38. The molecule has 0 amide bonds. The van der Waals surface area contributed by atoms with E-state index in [9.17, 15) is 17.6 Å². The molecule has 1 aliphatic heterocycles. The molecule has 26 heavy (non-hydrogen) atoms. The molecule has 0 saturated carbocycles. The lowest BCUT2D eigenvalue weighted by Crippen LogP contribution is -2.42. The molecule has 3 rings (SSSR count). The lowest BCUT2D eigenvalue weighted by Gasteiger charge is -2.34. The van der Waals surface area contributed by atoms with Crippen molar-refractivity contribution in [3.8, 4) is 5.75 Å². The van der Waals surface area contributed by atoms with Crippen LogP contribution in [0.25, 0.3) is 0 Å². The summed E-state index contributed by atoms with van der Waals surface area (Å²) in [7, 11) is -3.90. The SMILES string of the molecule is CC1CN(S(=O)(=O)c2ccc(CCC(=O)O)cc2)c2cccc(F)c2O1. The lowest BCUT2D eigenvalue weighted by atomic mass is 10.1. The maximum absolute atomic E-state index is 14.0. The van der Waals surface area contributed by atoms with Crippen LogP contribution in [-0.2, 0) is 21.2 Å². The first kappa shape index (κ1) is 18.2. The van der Waals surface area contributed by atoms with E-state index >= 15 is 0 Å². The molecule has 8 heteroatoms. The van der Waals surface area contributed by atoms with Crippen molar-refractivity contribution < 1.29 is 27.4 Å². The first-order valence-corrected chi connectivity index (χ1v) is 9.51. The Balaban J connectivity index is 1.94. The van der Waals surface area contributed by atoms with E-state index in [1.807, 2.05) is 0 Å². The number of rotatable bonds is 5. The molecule has 138 valence electrons. The Hall–Kier alpha value is -2.61. The maximum atomic E-state index is 14.0. The molecule has 1 N–H and O–H groups in total. The molecule has 0 aliphatic carbocycles. The minimum atomic E-state index is -3.90. The molecule has 2 aromatic rings. The van der Waals surface area contributed by atoms with Crippen LogP contribution in [0.5, 0.6) is 5.75 Å². The average Bonchev–Trinajstić information content (AvgIpc) is 2.60. The number of fused-ring (bicyclic) bond motifs is 1. The highest BCUT2D eigenvalue weighted by molar-refractivity contribution is 7.92. The Labute approximate surface area is 150 Å². The van der Waals surface area contributed by atoms with Crippen molar-refractivity contribution in [2.75, 3.05) is 10.8 Å². The van der Waals surface area contributed by atoms with E-state index in [2.05, 4.69) is 0 Å². The fourth-order valence-corrected chi connectivity index (χ4v) is 4.36. The topological polar surface area (TPSA) is 83.9 Å². The van der Waals surface area contributed by atoms with E-state index in [1.54, 1.807) is 19.1 Å². The summed E-state index contributed by atoms with van der Waals surface area (Å²) in [6, 6.07) is 10.2. The van der Waals surface area contributed by atoms with Crippen molar-refractivity contribution in [2.45, 2.75) is 30.8 Å². The molecule has 0 bridgehead atoms. The number of carboxylic acids is 1. The normalized spacial score (nSPS) is 16.7. The van der Waals surface area contributed by atoms with Gasteiger partial charge in [0.15, 0.2) is 11.6 Å². The highest BCUT2D eigenvalue weighted by Gasteiger charge is 2.34. The van der Waals surface area contributed by atoms with E-state index in [-0.39, 0.29) is 29.3 Å². The summed E-state index contributed by atoms with van der Waals surface area (Å²) >= 11 is 0. The second-order valence-corrected chi connectivity index (χ2v) is 7.95.